The maximum Gasteiger partial charge on any atom is 0.246 e. The van der Waals surface area contributed by atoms with Gasteiger partial charge >= 0.3 is 0 Å². The summed E-state index contributed by atoms with van der Waals surface area (Å²) in [7, 11) is -3.11. The Balaban J connectivity index is 2.27. The number of piperazine rings is 1. The molecule has 6 nitrogen and oxygen atoms in total. The first kappa shape index (κ1) is 15.3. The molecule has 0 radical (unpaired) electrons. The molecule has 114 valence electrons. The van der Waals surface area contributed by atoms with Crippen molar-refractivity contribution in [1.29, 1.82) is 0 Å². The predicted octanol–water partition coefficient (Wildman–Crippen LogP) is -0.0649. The molecule has 0 saturated carbocycles. The third-order valence-corrected chi connectivity index (χ3v) is 5.92. The number of hydrogen-bond donors (Lipinski definition) is 1. The van der Waals surface area contributed by atoms with Gasteiger partial charge in [0.2, 0.25) is 11.8 Å². The number of amides is 2. The average molecular weight is 302 g/mol. The summed E-state index contributed by atoms with van der Waals surface area (Å²) in [5.41, 5.74) is 0. The largest absolute Gasteiger partial charge is 0.342 e. The maximum atomic E-state index is 12.5. The number of sulfone groups is 1. The van der Waals surface area contributed by atoms with Crippen molar-refractivity contribution in [1.82, 2.24) is 10.2 Å². The van der Waals surface area contributed by atoms with E-state index in [0.717, 1.165) is 0 Å². The van der Waals surface area contributed by atoms with Crippen LogP contribution in [0.4, 0.5) is 0 Å². The zero-order valence-corrected chi connectivity index (χ0v) is 12.9. The Labute approximate surface area is 119 Å². The van der Waals surface area contributed by atoms with E-state index in [1.165, 1.54) is 4.90 Å². The van der Waals surface area contributed by atoms with Gasteiger partial charge in [-0.1, -0.05) is 13.8 Å². The van der Waals surface area contributed by atoms with Crippen LogP contribution in [0, 0.1) is 5.92 Å². The molecule has 2 aliphatic heterocycles. The van der Waals surface area contributed by atoms with Gasteiger partial charge in [0.15, 0.2) is 9.84 Å². The molecule has 2 heterocycles. The van der Waals surface area contributed by atoms with E-state index in [2.05, 4.69) is 5.32 Å². The monoisotopic (exact) mass is 302 g/mol. The SMILES string of the molecule is CC(C)C1NC(=O)C(C)N(C2CCCS(=O)(=O)C2)C1=O. The van der Waals surface area contributed by atoms with Crippen LogP contribution in [-0.2, 0) is 19.4 Å². The van der Waals surface area contributed by atoms with Crippen molar-refractivity contribution in [3.05, 3.63) is 0 Å². The van der Waals surface area contributed by atoms with Crippen molar-refractivity contribution in [2.24, 2.45) is 5.92 Å². The van der Waals surface area contributed by atoms with Gasteiger partial charge in [-0.25, -0.2) is 8.42 Å². The fourth-order valence-electron chi connectivity index (χ4n) is 2.98. The molecule has 2 aliphatic rings. The maximum absolute atomic E-state index is 12.5. The van der Waals surface area contributed by atoms with Gasteiger partial charge in [-0.2, -0.15) is 0 Å². The lowest BCUT2D eigenvalue weighted by Crippen LogP contribution is -2.67. The summed E-state index contributed by atoms with van der Waals surface area (Å²) in [4.78, 5) is 26.1. The minimum absolute atomic E-state index is 0.0124. The van der Waals surface area contributed by atoms with Gasteiger partial charge < -0.3 is 10.2 Å². The molecule has 3 unspecified atom stereocenters. The molecule has 2 saturated heterocycles. The second-order valence-electron chi connectivity index (χ2n) is 6.06. The first-order chi connectivity index (χ1) is 9.23. The molecule has 2 rings (SSSR count). The minimum atomic E-state index is -3.11. The van der Waals surface area contributed by atoms with Gasteiger partial charge in [0, 0.05) is 6.04 Å². The fourth-order valence-corrected chi connectivity index (χ4v) is 4.67. The van der Waals surface area contributed by atoms with E-state index in [4.69, 9.17) is 0 Å². The van der Waals surface area contributed by atoms with Crippen LogP contribution in [0.1, 0.15) is 33.6 Å². The summed E-state index contributed by atoms with van der Waals surface area (Å²) in [6.45, 7) is 5.40. The van der Waals surface area contributed by atoms with Crippen molar-refractivity contribution in [3.63, 3.8) is 0 Å². The van der Waals surface area contributed by atoms with Crippen molar-refractivity contribution < 1.29 is 18.0 Å². The average Bonchev–Trinajstić information content (AvgIpc) is 2.32. The lowest BCUT2D eigenvalue weighted by atomic mass is 9.96. The highest BCUT2D eigenvalue weighted by Gasteiger charge is 2.44. The quantitative estimate of drug-likeness (QED) is 0.774. The van der Waals surface area contributed by atoms with Crippen LogP contribution in [0.25, 0.3) is 0 Å². The highest BCUT2D eigenvalue weighted by molar-refractivity contribution is 7.91. The Morgan fingerprint density at radius 1 is 1.30 bits per heavy atom. The van der Waals surface area contributed by atoms with E-state index in [1.54, 1.807) is 6.92 Å². The summed E-state index contributed by atoms with van der Waals surface area (Å²) in [6, 6.07) is -1.53. The number of nitrogens with one attached hydrogen (secondary N) is 1. The molecular weight excluding hydrogens is 280 g/mol. The molecule has 0 aromatic carbocycles. The van der Waals surface area contributed by atoms with E-state index < -0.39 is 21.9 Å². The summed E-state index contributed by atoms with van der Waals surface area (Å²) < 4.78 is 23.6. The van der Waals surface area contributed by atoms with Crippen LogP contribution >= 0.6 is 0 Å². The summed E-state index contributed by atoms with van der Waals surface area (Å²) in [5.74, 6) is -0.219. The van der Waals surface area contributed by atoms with Gasteiger partial charge in [-0.15, -0.1) is 0 Å². The molecule has 0 aromatic rings. The highest BCUT2D eigenvalue weighted by Crippen LogP contribution is 2.24. The van der Waals surface area contributed by atoms with E-state index in [0.29, 0.717) is 12.8 Å². The van der Waals surface area contributed by atoms with Gasteiger partial charge in [0.1, 0.15) is 12.1 Å². The first-order valence-corrected chi connectivity index (χ1v) is 8.88. The lowest BCUT2D eigenvalue weighted by Gasteiger charge is -2.44. The molecule has 1 N–H and O–H groups in total. The molecule has 20 heavy (non-hydrogen) atoms. The van der Waals surface area contributed by atoms with Crippen LogP contribution in [0.5, 0.6) is 0 Å². The first-order valence-electron chi connectivity index (χ1n) is 7.06. The van der Waals surface area contributed by atoms with Crippen LogP contribution in [0.2, 0.25) is 0 Å². The van der Waals surface area contributed by atoms with Gasteiger partial charge in [0.05, 0.1) is 11.5 Å². The van der Waals surface area contributed by atoms with Gasteiger partial charge in [-0.05, 0) is 25.7 Å². The zero-order valence-electron chi connectivity index (χ0n) is 12.1. The Morgan fingerprint density at radius 2 is 1.95 bits per heavy atom. The van der Waals surface area contributed by atoms with Gasteiger partial charge in [-0.3, -0.25) is 9.59 Å². The second kappa shape index (κ2) is 5.35. The summed E-state index contributed by atoms with van der Waals surface area (Å²) in [5, 5.41) is 2.73. The van der Waals surface area contributed by atoms with Crippen molar-refractivity contribution in [2.45, 2.75) is 51.7 Å². The molecule has 0 aliphatic carbocycles. The number of rotatable bonds is 2. The minimum Gasteiger partial charge on any atom is -0.342 e. The highest BCUT2D eigenvalue weighted by atomic mass is 32.2. The van der Waals surface area contributed by atoms with Gasteiger partial charge in [0.25, 0.3) is 0 Å². The molecule has 3 atom stereocenters. The predicted molar refractivity (Wildman–Crippen MR) is 74.8 cm³/mol. The van der Waals surface area contributed by atoms with E-state index in [1.807, 2.05) is 13.8 Å². The Hall–Kier alpha value is -1.11. The van der Waals surface area contributed by atoms with Crippen LogP contribution in [0.3, 0.4) is 0 Å². The third-order valence-electron chi connectivity index (χ3n) is 4.11. The van der Waals surface area contributed by atoms with Crippen molar-refractivity contribution >= 4 is 21.7 Å². The Bertz CT molecular complexity index is 514. The zero-order chi connectivity index (χ0) is 15.1. The smallest absolute Gasteiger partial charge is 0.246 e. The fraction of sp³-hybridized carbons (Fsp3) is 0.846. The van der Waals surface area contributed by atoms with E-state index >= 15 is 0 Å². The van der Waals surface area contributed by atoms with Crippen molar-refractivity contribution in [3.8, 4) is 0 Å². The Morgan fingerprint density at radius 3 is 2.50 bits per heavy atom. The van der Waals surface area contributed by atoms with E-state index in [-0.39, 0.29) is 35.3 Å². The molecule has 2 fully saturated rings. The molecule has 7 heteroatoms. The topological polar surface area (TPSA) is 83.6 Å². The van der Waals surface area contributed by atoms with Crippen LogP contribution in [0.15, 0.2) is 0 Å². The standard InChI is InChI=1S/C13H22N2O4S/c1-8(2)11-13(17)15(9(3)12(16)14-11)10-5-4-6-20(18,19)7-10/h8-11H,4-7H2,1-3H3,(H,14,16). The van der Waals surface area contributed by atoms with Crippen LogP contribution in [-0.4, -0.2) is 54.8 Å². The third kappa shape index (κ3) is 2.82. The molecule has 0 bridgehead atoms. The summed E-state index contributed by atoms with van der Waals surface area (Å²) in [6.07, 6.45) is 1.20. The number of carbonyl (C=O) groups is 2. The second-order valence-corrected chi connectivity index (χ2v) is 8.29. The lowest BCUT2D eigenvalue weighted by molar-refractivity contribution is -0.152. The number of carbonyl (C=O) groups excluding carboxylic acids is 2. The van der Waals surface area contributed by atoms with Crippen LogP contribution < -0.4 is 5.32 Å². The Kier molecular flexibility index (Phi) is 4.09. The number of hydrogen-bond acceptors (Lipinski definition) is 4. The van der Waals surface area contributed by atoms with E-state index in [9.17, 15) is 18.0 Å². The molecule has 0 aromatic heterocycles. The molecular formula is C13H22N2O4S. The van der Waals surface area contributed by atoms with Crippen molar-refractivity contribution in [2.75, 3.05) is 11.5 Å². The molecule has 2 amide bonds. The molecule has 0 spiro atoms. The normalized spacial score (nSPS) is 34.2. The summed E-state index contributed by atoms with van der Waals surface area (Å²) >= 11 is 0. The number of nitrogens with zero attached hydrogens (tertiary/aromatic N) is 1.